The van der Waals surface area contributed by atoms with E-state index in [1.807, 2.05) is 30.3 Å². The standard InChI is InChI=1S/C23H19ClF2N2O2/c1-29-20-9-4-3-8-16(20)18-13-19(17-10-11-21(30-2)23(26)22(17)25)28(27-18)15-7-5-6-14(24)12-15/h3-12,19H,13H2,1-2H3. The molecule has 1 atom stereocenters. The van der Waals surface area contributed by atoms with Gasteiger partial charge in [-0.05, 0) is 36.4 Å². The maximum Gasteiger partial charge on any atom is 0.200 e. The molecule has 3 aromatic carbocycles. The molecule has 1 heterocycles. The molecule has 0 radical (unpaired) electrons. The third-order valence-electron chi connectivity index (χ3n) is 5.06. The van der Waals surface area contributed by atoms with Crippen molar-refractivity contribution < 1.29 is 18.3 Å². The van der Waals surface area contributed by atoms with Crippen molar-refractivity contribution in [3.63, 3.8) is 0 Å². The molecule has 0 spiro atoms. The van der Waals surface area contributed by atoms with E-state index in [9.17, 15) is 8.78 Å². The van der Waals surface area contributed by atoms with Gasteiger partial charge in [-0.1, -0.05) is 35.9 Å². The summed E-state index contributed by atoms with van der Waals surface area (Å²) in [7, 11) is 2.88. The SMILES string of the molecule is COc1ccccc1C1=NN(c2cccc(Cl)c2)C(c2ccc(OC)c(F)c2F)C1. The smallest absolute Gasteiger partial charge is 0.200 e. The van der Waals surface area contributed by atoms with Crippen LogP contribution in [-0.4, -0.2) is 19.9 Å². The Morgan fingerprint density at radius 3 is 2.43 bits per heavy atom. The fourth-order valence-corrected chi connectivity index (χ4v) is 3.80. The summed E-state index contributed by atoms with van der Waals surface area (Å²) in [6, 6.07) is 16.9. The summed E-state index contributed by atoms with van der Waals surface area (Å²) < 4.78 is 39.8. The van der Waals surface area contributed by atoms with Crippen LogP contribution in [0.3, 0.4) is 0 Å². The van der Waals surface area contributed by atoms with Crippen molar-refractivity contribution in [2.24, 2.45) is 5.10 Å². The van der Waals surface area contributed by atoms with Crippen molar-refractivity contribution >= 4 is 23.0 Å². The molecule has 1 unspecified atom stereocenters. The molecule has 0 amide bonds. The van der Waals surface area contributed by atoms with Crippen LogP contribution in [-0.2, 0) is 0 Å². The van der Waals surface area contributed by atoms with Gasteiger partial charge in [0.1, 0.15) is 5.75 Å². The molecule has 30 heavy (non-hydrogen) atoms. The summed E-state index contributed by atoms with van der Waals surface area (Å²) in [5.74, 6) is -1.46. The minimum Gasteiger partial charge on any atom is -0.496 e. The number of methoxy groups -OCH3 is 2. The molecule has 0 saturated carbocycles. The Bertz CT molecular complexity index is 1120. The molecule has 7 heteroatoms. The van der Waals surface area contributed by atoms with Gasteiger partial charge in [-0.2, -0.15) is 9.49 Å². The third-order valence-corrected chi connectivity index (χ3v) is 5.29. The van der Waals surface area contributed by atoms with Crippen LogP contribution in [0, 0.1) is 11.6 Å². The number of hydrazone groups is 1. The van der Waals surface area contributed by atoms with Crippen LogP contribution in [0.15, 0.2) is 65.8 Å². The number of anilines is 1. The van der Waals surface area contributed by atoms with Gasteiger partial charge in [0.05, 0.1) is 31.7 Å². The van der Waals surface area contributed by atoms with Gasteiger partial charge >= 0.3 is 0 Å². The van der Waals surface area contributed by atoms with Crippen LogP contribution in [0.1, 0.15) is 23.6 Å². The molecular formula is C23H19ClF2N2O2. The maximum absolute atomic E-state index is 15.0. The number of para-hydroxylation sites is 1. The van der Waals surface area contributed by atoms with E-state index >= 15 is 0 Å². The van der Waals surface area contributed by atoms with E-state index in [0.29, 0.717) is 28.6 Å². The lowest BCUT2D eigenvalue weighted by molar-refractivity contribution is 0.368. The van der Waals surface area contributed by atoms with Gasteiger partial charge in [-0.25, -0.2) is 4.39 Å². The number of rotatable bonds is 5. The Kier molecular flexibility index (Phi) is 5.59. The summed E-state index contributed by atoms with van der Waals surface area (Å²) in [5.41, 5.74) is 2.35. The zero-order valence-electron chi connectivity index (χ0n) is 16.4. The van der Waals surface area contributed by atoms with Crippen molar-refractivity contribution in [3.05, 3.63) is 88.4 Å². The fraction of sp³-hybridized carbons (Fsp3) is 0.174. The predicted molar refractivity (Wildman–Crippen MR) is 114 cm³/mol. The lowest BCUT2D eigenvalue weighted by atomic mass is 9.97. The fourth-order valence-electron chi connectivity index (χ4n) is 3.62. The Hall–Kier alpha value is -3.12. The monoisotopic (exact) mass is 428 g/mol. The van der Waals surface area contributed by atoms with Gasteiger partial charge in [0.25, 0.3) is 0 Å². The highest BCUT2D eigenvalue weighted by molar-refractivity contribution is 6.30. The van der Waals surface area contributed by atoms with E-state index in [1.165, 1.54) is 19.2 Å². The molecule has 0 aromatic heterocycles. The minimum atomic E-state index is -1.02. The van der Waals surface area contributed by atoms with E-state index in [2.05, 4.69) is 0 Å². The molecule has 4 nitrogen and oxygen atoms in total. The minimum absolute atomic E-state index is 0.144. The molecule has 0 aliphatic carbocycles. The second kappa shape index (κ2) is 8.32. The molecular weight excluding hydrogens is 410 g/mol. The predicted octanol–water partition coefficient (Wildman–Crippen LogP) is 5.99. The first-order valence-electron chi connectivity index (χ1n) is 9.31. The van der Waals surface area contributed by atoms with Gasteiger partial charge in [0, 0.05) is 22.6 Å². The van der Waals surface area contributed by atoms with Crippen molar-refractivity contribution in [2.75, 3.05) is 19.2 Å². The second-order valence-electron chi connectivity index (χ2n) is 6.78. The first kappa shape index (κ1) is 20.2. The van der Waals surface area contributed by atoms with E-state index in [4.69, 9.17) is 26.2 Å². The van der Waals surface area contributed by atoms with Crippen molar-refractivity contribution in [3.8, 4) is 11.5 Å². The van der Waals surface area contributed by atoms with Gasteiger partial charge in [-0.3, -0.25) is 5.01 Å². The number of hydrogen-bond donors (Lipinski definition) is 0. The number of halogens is 3. The van der Waals surface area contributed by atoms with Gasteiger partial charge < -0.3 is 9.47 Å². The Morgan fingerprint density at radius 1 is 0.933 bits per heavy atom. The van der Waals surface area contributed by atoms with Crippen LogP contribution in [0.2, 0.25) is 5.02 Å². The molecule has 3 aromatic rings. The number of hydrogen-bond acceptors (Lipinski definition) is 4. The molecule has 0 bridgehead atoms. The summed E-state index contributed by atoms with van der Waals surface area (Å²) in [6.07, 6.45) is 0.357. The number of ether oxygens (including phenoxy) is 2. The van der Waals surface area contributed by atoms with E-state index < -0.39 is 17.7 Å². The first-order chi connectivity index (χ1) is 14.5. The normalized spacial score (nSPS) is 15.8. The lowest BCUT2D eigenvalue weighted by Crippen LogP contribution is -2.20. The van der Waals surface area contributed by atoms with Crippen LogP contribution in [0.5, 0.6) is 11.5 Å². The Labute approximate surface area is 178 Å². The van der Waals surface area contributed by atoms with Crippen LogP contribution >= 0.6 is 11.6 Å². The Balaban J connectivity index is 1.83. The quantitative estimate of drug-likeness (QED) is 0.500. The highest BCUT2D eigenvalue weighted by atomic mass is 35.5. The van der Waals surface area contributed by atoms with Crippen molar-refractivity contribution in [1.82, 2.24) is 0 Å². The first-order valence-corrected chi connectivity index (χ1v) is 9.68. The molecule has 1 aliphatic heterocycles. The number of benzene rings is 3. The largest absolute Gasteiger partial charge is 0.496 e. The average molecular weight is 429 g/mol. The van der Waals surface area contributed by atoms with Crippen LogP contribution < -0.4 is 14.5 Å². The lowest BCUT2D eigenvalue weighted by Gasteiger charge is -2.24. The summed E-state index contributed by atoms with van der Waals surface area (Å²) in [5, 5.41) is 6.93. The van der Waals surface area contributed by atoms with Gasteiger partial charge in [0.2, 0.25) is 5.82 Å². The van der Waals surface area contributed by atoms with Gasteiger partial charge in [-0.15, -0.1) is 0 Å². The topological polar surface area (TPSA) is 34.1 Å². The molecule has 0 saturated heterocycles. The molecule has 4 rings (SSSR count). The van der Waals surface area contributed by atoms with Crippen LogP contribution in [0.4, 0.5) is 14.5 Å². The Morgan fingerprint density at radius 2 is 1.70 bits per heavy atom. The second-order valence-corrected chi connectivity index (χ2v) is 7.21. The van der Waals surface area contributed by atoms with E-state index in [0.717, 1.165) is 5.56 Å². The maximum atomic E-state index is 15.0. The highest BCUT2D eigenvalue weighted by Gasteiger charge is 2.34. The molecule has 154 valence electrons. The zero-order chi connectivity index (χ0) is 21.3. The highest BCUT2D eigenvalue weighted by Crippen LogP contribution is 2.40. The molecule has 0 N–H and O–H groups in total. The molecule has 1 aliphatic rings. The van der Waals surface area contributed by atoms with Gasteiger partial charge in [0.15, 0.2) is 11.6 Å². The average Bonchev–Trinajstić information content (AvgIpc) is 3.20. The van der Waals surface area contributed by atoms with Crippen molar-refractivity contribution in [1.29, 1.82) is 0 Å². The van der Waals surface area contributed by atoms with Crippen molar-refractivity contribution in [2.45, 2.75) is 12.5 Å². The third kappa shape index (κ3) is 3.59. The molecule has 0 fully saturated rings. The summed E-state index contributed by atoms with van der Waals surface area (Å²) >= 11 is 6.17. The zero-order valence-corrected chi connectivity index (χ0v) is 17.2. The number of nitrogens with zero attached hydrogens (tertiary/aromatic N) is 2. The summed E-state index contributed by atoms with van der Waals surface area (Å²) in [6.45, 7) is 0. The van der Waals surface area contributed by atoms with E-state index in [1.54, 1.807) is 30.3 Å². The van der Waals surface area contributed by atoms with Crippen LogP contribution in [0.25, 0.3) is 0 Å². The van der Waals surface area contributed by atoms with E-state index in [-0.39, 0.29) is 11.3 Å². The summed E-state index contributed by atoms with van der Waals surface area (Å²) in [4.78, 5) is 0.